The van der Waals surface area contributed by atoms with Crippen LogP contribution >= 0.6 is 11.6 Å². The smallest absolute Gasteiger partial charge is 0.271 e. The lowest BCUT2D eigenvalue weighted by atomic mass is 10.3. The summed E-state index contributed by atoms with van der Waals surface area (Å²) >= 11 is 6.08. The van der Waals surface area contributed by atoms with Crippen LogP contribution in [0.4, 0.5) is 0 Å². The molecule has 0 aliphatic heterocycles. The number of amides is 1. The molecule has 0 saturated heterocycles. The van der Waals surface area contributed by atoms with Crippen molar-refractivity contribution in [1.82, 2.24) is 24.9 Å². The van der Waals surface area contributed by atoms with E-state index < -0.39 is 0 Å². The molecule has 7 heteroatoms. The van der Waals surface area contributed by atoms with Gasteiger partial charge in [-0.05, 0) is 26.3 Å². The number of halogens is 1. The van der Waals surface area contributed by atoms with Crippen molar-refractivity contribution in [3.8, 4) is 0 Å². The van der Waals surface area contributed by atoms with E-state index in [0.29, 0.717) is 23.0 Å². The summed E-state index contributed by atoms with van der Waals surface area (Å²) in [5.41, 5.74) is 2.12. The summed E-state index contributed by atoms with van der Waals surface area (Å²) in [6.07, 6.45) is 3.73. The fraction of sp³-hybridized carbons (Fsp3) is 0.462. The van der Waals surface area contributed by atoms with E-state index in [9.17, 15) is 4.79 Å². The Morgan fingerprint density at radius 3 is 2.70 bits per heavy atom. The monoisotopic (exact) mass is 295 g/mol. The number of rotatable bonds is 4. The van der Waals surface area contributed by atoms with Gasteiger partial charge in [0, 0.05) is 19.8 Å². The van der Waals surface area contributed by atoms with Crippen molar-refractivity contribution in [2.24, 2.45) is 7.05 Å². The standard InChI is InChI=1S/C13H18ClN5O/c1-8-5-16-19(7-8)9(2)6-15-13(20)12-11(14)10(3)17-18(12)4/h5,7,9H,6H2,1-4H3,(H,15,20)/t9-/m1/s1. The summed E-state index contributed by atoms with van der Waals surface area (Å²) in [5.74, 6) is -0.228. The fourth-order valence-corrected chi connectivity index (χ4v) is 2.22. The first-order valence-corrected chi connectivity index (χ1v) is 6.76. The van der Waals surface area contributed by atoms with Gasteiger partial charge in [0.25, 0.3) is 5.91 Å². The molecule has 0 bridgehead atoms. The second-order valence-corrected chi connectivity index (χ2v) is 5.31. The van der Waals surface area contributed by atoms with Crippen LogP contribution in [0.2, 0.25) is 5.02 Å². The molecule has 0 unspecified atom stereocenters. The first-order chi connectivity index (χ1) is 9.40. The highest BCUT2D eigenvalue weighted by Crippen LogP contribution is 2.19. The van der Waals surface area contributed by atoms with E-state index in [2.05, 4.69) is 15.5 Å². The average Bonchev–Trinajstić information content (AvgIpc) is 2.91. The van der Waals surface area contributed by atoms with Crippen LogP contribution in [0.25, 0.3) is 0 Å². The molecule has 0 fully saturated rings. The van der Waals surface area contributed by atoms with Crippen molar-refractivity contribution in [3.63, 3.8) is 0 Å². The zero-order chi connectivity index (χ0) is 14.9. The minimum atomic E-state index is -0.228. The number of carbonyl (C=O) groups is 1. The molecule has 0 saturated carbocycles. The normalized spacial score (nSPS) is 12.4. The molecule has 0 spiro atoms. The van der Waals surface area contributed by atoms with Gasteiger partial charge in [-0.2, -0.15) is 10.2 Å². The molecule has 20 heavy (non-hydrogen) atoms. The highest BCUT2D eigenvalue weighted by atomic mass is 35.5. The topological polar surface area (TPSA) is 64.7 Å². The van der Waals surface area contributed by atoms with E-state index in [0.717, 1.165) is 5.56 Å². The number of nitrogens with zero attached hydrogens (tertiary/aromatic N) is 4. The van der Waals surface area contributed by atoms with Crippen LogP contribution in [0.3, 0.4) is 0 Å². The van der Waals surface area contributed by atoms with Crippen LogP contribution < -0.4 is 5.32 Å². The van der Waals surface area contributed by atoms with Crippen LogP contribution in [0.5, 0.6) is 0 Å². The van der Waals surface area contributed by atoms with E-state index in [1.165, 1.54) is 4.68 Å². The zero-order valence-corrected chi connectivity index (χ0v) is 12.8. The third-order valence-electron chi connectivity index (χ3n) is 3.10. The molecule has 0 aliphatic carbocycles. The molecule has 0 aliphatic rings. The molecular formula is C13H18ClN5O. The first kappa shape index (κ1) is 14.6. The van der Waals surface area contributed by atoms with Gasteiger partial charge in [0.15, 0.2) is 0 Å². The maximum Gasteiger partial charge on any atom is 0.271 e. The van der Waals surface area contributed by atoms with Gasteiger partial charge in [-0.1, -0.05) is 11.6 Å². The van der Waals surface area contributed by atoms with Gasteiger partial charge in [-0.25, -0.2) is 0 Å². The molecule has 1 atom stereocenters. The van der Waals surface area contributed by atoms with Crippen molar-refractivity contribution >= 4 is 17.5 Å². The minimum absolute atomic E-state index is 0.0701. The Balaban J connectivity index is 2.02. The molecule has 1 amide bonds. The number of hydrogen-bond donors (Lipinski definition) is 1. The summed E-state index contributed by atoms with van der Waals surface area (Å²) in [7, 11) is 1.70. The summed E-state index contributed by atoms with van der Waals surface area (Å²) < 4.78 is 3.32. The van der Waals surface area contributed by atoms with Crippen molar-refractivity contribution in [2.75, 3.05) is 6.54 Å². The van der Waals surface area contributed by atoms with E-state index in [1.807, 2.05) is 24.7 Å². The molecule has 0 aromatic carbocycles. The average molecular weight is 296 g/mol. The van der Waals surface area contributed by atoms with Crippen molar-refractivity contribution in [3.05, 3.63) is 34.4 Å². The second-order valence-electron chi connectivity index (χ2n) is 4.93. The van der Waals surface area contributed by atoms with E-state index in [1.54, 1.807) is 20.2 Å². The third kappa shape index (κ3) is 2.85. The Morgan fingerprint density at radius 2 is 2.20 bits per heavy atom. The number of hydrogen-bond acceptors (Lipinski definition) is 3. The molecule has 6 nitrogen and oxygen atoms in total. The number of aryl methyl sites for hydroxylation is 3. The molecule has 2 rings (SSSR count). The lowest BCUT2D eigenvalue weighted by Gasteiger charge is -2.13. The summed E-state index contributed by atoms with van der Waals surface area (Å²) in [5, 5.41) is 11.6. The number of nitrogens with one attached hydrogen (secondary N) is 1. The van der Waals surface area contributed by atoms with E-state index in [4.69, 9.17) is 11.6 Å². The summed E-state index contributed by atoms with van der Waals surface area (Å²) in [6, 6.07) is 0.0701. The van der Waals surface area contributed by atoms with Crippen LogP contribution in [0, 0.1) is 13.8 Å². The van der Waals surface area contributed by atoms with Gasteiger partial charge in [0.1, 0.15) is 5.69 Å². The molecule has 2 heterocycles. The van der Waals surface area contributed by atoms with Crippen molar-refractivity contribution < 1.29 is 4.79 Å². The lowest BCUT2D eigenvalue weighted by Crippen LogP contribution is -2.31. The second kappa shape index (κ2) is 5.66. The van der Waals surface area contributed by atoms with Gasteiger partial charge >= 0.3 is 0 Å². The summed E-state index contributed by atoms with van der Waals surface area (Å²) in [4.78, 5) is 12.2. The summed E-state index contributed by atoms with van der Waals surface area (Å²) in [6.45, 7) is 6.21. The van der Waals surface area contributed by atoms with Gasteiger partial charge in [-0.3, -0.25) is 14.2 Å². The highest BCUT2D eigenvalue weighted by molar-refractivity contribution is 6.34. The minimum Gasteiger partial charge on any atom is -0.349 e. The maximum atomic E-state index is 12.2. The lowest BCUT2D eigenvalue weighted by molar-refractivity contribution is 0.0938. The largest absolute Gasteiger partial charge is 0.349 e. The zero-order valence-electron chi connectivity index (χ0n) is 12.0. The van der Waals surface area contributed by atoms with Crippen molar-refractivity contribution in [2.45, 2.75) is 26.8 Å². The van der Waals surface area contributed by atoms with Crippen LogP contribution in [-0.2, 0) is 7.05 Å². The fourth-order valence-electron chi connectivity index (χ4n) is 1.97. The predicted octanol–water partition coefficient (Wildman–Crippen LogP) is 1.88. The van der Waals surface area contributed by atoms with Gasteiger partial charge < -0.3 is 5.32 Å². The van der Waals surface area contributed by atoms with Gasteiger partial charge in [-0.15, -0.1) is 0 Å². The first-order valence-electron chi connectivity index (χ1n) is 6.38. The van der Waals surface area contributed by atoms with Crippen LogP contribution in [-0.4, -0.2) is 32.0 Å². The quantitative estimate of drug-likeness (QED) is 0.936. The Labute approximate surface area is 122 Å². The molecule has 2 aromatic rings. The van der Waals surface area contributed by atoms with Gasteiger partial charge in [0.05, 0.1) is 23.0 Å². The Hall–Kier alpha value is -1.82. The maximum absolute atomic E-state index is 12.2. The molecule has 108 valence electrons. The van der Waals surface area contributed by atoms with Crippen LogP contribution in [0.15, 0.2) is 12.4 Å². The predicted molar refractivity (Wildman–Crippen MR) is 77.0 cm³/mol. The highest BCUT2D eigenvalue weighted by Gasteiger charge is 2.19. The SMILES string of the molecule is Cc1cnn([C@H](C)CNC(=O)c2c(Cl)c(C)nn2C)c1. The molecular weight excluding hydrogens is 278 g/mol. The Morgan fingerprint density at radius 1 is 1.50 bits per heavy atom. The molecule has 2 aromatic heterocycles. The molecule has 1 N–H and O–H groups in total. The van der Waals surface area contributed by atoms with Crippen LogP contribution in [0.1, 0.15) is 34.7 Å². The Bertz CT molecular complexity index is 631. The number of carbonyl (C=O) groups excluding carboxylic acids is 1. The van der Waals surface area contributed by atoms with Gasteiger partial charge in [0.2, 0.25) is 0 Å². The molecule has 0 radical (unpaired) electrons. The van der Waals surface area contributed by atoms with E-state index in [-0.39, 0.29) is 11.9 Å². The van der Waals surface area contributed by atoms with E-state index >= 15 is 0 Å². The number of aromatic nitrogens is 4. The third-order valence-corrected chi connectivity index (χ3v) is 3.56. The Kier molecular flexibility index (Phi) is 4.13. The van der Waals surface area contributed by atoms with Crippen molar-refractivity contribution in [1.29, 1.82) is 0 Å².